The van der Waals surface area contributed by atoms with Crippen LogP contribution < -0.4 is 0 Å². The summed E-state index contributed by atoms with van der Waals surface area (Å²) in [6.07, 6.45) is 1.52. The number of Topliss-reactive ketones (excluding diaryl/α,β-unsaturated/α-hetero) is 1. The standard InChI is InChI=1S/C13H16Cl3NO3/c1-7(2)8(3)17-6-9(11(18)13(14,15)16)5-10(17)12(19)20-4/h5-8H,1-4H3. The number of aromatic nitrogens is 1. The summed E-state index contributed by atoms with van der Waals surface area (Å²) in [5, 5.41) is 0. The molecule has 0 aliphatic heterocycles. The van der Waals surface area contributed by atoms with Crippen LogP contribution in [0.1, 0.15) is 47.7 Å². The zero-order chi connectivity index (χ0) is 15.7. The lowest BCUT2D eigenvalue weighted by atomic mass is 10.1. The molecule has 1 unspecified atom stereocenters. The highest BCUT2D eigenvalue weighted by Gasteiger charge is 2.34. The van der Waals surface area contributed by atoms with Gasteiger partial charge in [0, 0.05) is 17.8 Å². The van der Waals surface area contributed by atoms with Gasteiger partial charge in [-0.05, 0) is 18.9 Å². The molecule has 1 rings (SSSR count). The Bertz CT molecular complexity index is 517. The summed E-state index contributed by atoms with van der Waals surface area (Å²) in [7, 11) is 1.27. The first-order valence-electron chi connectivity index (χ1n) is 6.01. The van der Waals surface area contributed by atoms with Crippen molar-refractivity contribution in [2.45, 2.75) is 30.6 Å². The second kappa shape index (κ2) is 6.37. The summed E-state index contributed by atoms with van der Waals surface area (Å²) >= 11 is 16.8. The highest BCUT2D eigenvalue weighted by atomic mass is 35.6. The molecule has 4 nitrogen and oxygen atoms in total. The van der Waals surface area contributed by atoms with Gasteiger partial charge in [-0.25, -0.2) is 4.79 Å². The quantitative estimate of drug-likeness (QED) is 0.472. The number of rotatable bonds is 4. The number of carbonyl (C=O) groups excluding carboxylic acids is 2. The first kappa shape index (κ1) is 17.3. The minimum atomic E-state index is -2.05. The van der Waals surface area contributed by atoms with E-state index in [1.165, 1.54) is 19.4 Å². The number of nitrogens with zero attached hydrogens (tertiary/aromatic N) is 1. The van der Waals surface area contributed by atoms with Crippen molar-refractivity contribution in [3.63, 3.8) is 0 Å². The maximum atomic E-state index is 12.0. The molecule has 112 valence electrons. The van der Waals surface area contributed by atoms with E-state index in [0.29, 0.717) is 0 Å². The number of ether oxygens (including phenoxy) is 1. The van der Waals surface area contributed by atoms with Crippen LogP contribution in [0.5, 0.6) is 0 Å². The van der Waals surface area contributed by atoms with Crippen molar-refractivity contribution >= 4 is 46.6 Å². The number of alkyl halides is 3. The summed E-state index contributed by atoms with van der Waals surface area (Å²) in [6, 6.07) is 1.37. The van der Waals surface area contributed by atoms with Gasteiger partial charge in [0.05, 0.1) is 7.11 Å². The maximum Gasteiger partial charge on any atom is 0.354 e. The second-order valence-corrected chi connectivity index (χ2v) is 7.11. The van der Waals surface area contributed by atoms with Gasteiger partial charge in [0.1, 0.15) is 5.69 Å². The van der Waals surface area contributed by atoms with E-state index in [9.17, 15) is 9.59 Å². The van der Waals surface area contributed by atoms with Crippen LogP contribution in [-0.4, -0.2) is 27.2 Å². The molecule has 0 amide bonds. The molecule has 0 saturated carbocycles. The lowest BCUT2D eigenvalue weighted by Crippen LogP contribution is -2.18. The third-order valence-electron chi connectivity index (χ3n) is 3.17. The summed E-state index contributed by atoms with van der Waals surface area (Å²) in [6.45, 7) is 5.94. The predicted octanol–water partition coefficient (Wildman–Crippen LogP) is 4.04. The minimum Gasteiger partial charge on any atom is -0.464 e. The smallest absolute Gasteiger partial charge is 0.354 e. The van der Waals surface area contributed by atoms with Crippen molar-refractivity contribution in [2.24, 2.45) is 5.92 Å². The Morgan fingerprint density at radius 2 is 1.80 bits per heavy atom. The van der Waals surface area contributed by atoms with Crippen LogP contribution in [0.25, 0.3) is 0 Å². The van der Waals surface area contributed by atoms with Crippen molar-refractivity contribution in [2.75, 3.05) is 7.11 Å². The van der Waals surface area contributed by atoms with E-state index in [1.54, 1.807) is 4.57 Å². The molecule has 0 aromatic carbocycles. The Balaban J connectivity index is 3.33. The van der Waals surface area contributed by atoms with Gasteiger partial charge in [-0.3, -0.25) is 4.79 Å². The number of hydrogen-bond donors (Lipinski definition) is 0. The molecule has 0 N–H and O–H groups in total. The Morgan fingerprint density at radius 1 is 1.25 bits per heavy atom. The van der Waals surface area contributed by atoms with E-state index < -0.39 is 15.5 Å². The maximum absolute atomic E-state index is 12.0. The van der Waals surface area contributed by atoms with Gasteiger partial charge in [0.2, 0.25) is 5.78 Å². The van der Waals surface area contributed by atoms with Crippen molar-refractivity contribution < 1.29 is 14.3 Å². The third kappa shape index (κ3) is 3.68. The van der Waals surface area contributed by atoms with Crippen LogP contribution in [0.4, 0.5) is 0 Å². The summed E-state index contributed by atoms with van der Waals surface area (Å²) < 4.78 is 4.33. The van der Waals surface area contributed by atoms with E-state index in [4.69, 9.17) is 39.5 Å². The molecular formula is C13H16Cl3NO3. The molecule has 0 bridgehead atoms. The van der Waals surface area contributed by atoms with E-state index in [-0.39, 0.29) is 23.2 Å². The molecule has 1 aromatic heterocycles. The molecule has 1 heterocycles. The van der Waals surface area contributed by atoms with E-state index in [2.05, 4.69) is 0 Å². The molecule has 0 saturated heterocycles. The molecule has 1 aromatic rings. The van der Waals surface area contributed by atoms with Crippen LogP contribution in [0.2, 0.25) is 0 Å². The largest absolute Gasteiger partial charge is 0.464 e. The fraction of sp³-hybridized carbons (Fsp3) is 0.538. The molecular weight excluding hydrogens is 325 g/mol. The Kier molecular flexibility index (Phi) is 5.53. The van der Waals surface area contributed by atoms with Gasteiger partial charge in [0.15, 0.2) is 0 Å². The van der Waals surface area contributed by atoms with Crippen LogP contribution in [-0.2, 0) is 4.74 Å². The lowest BCUT2D eigenvalue weighted by Gasteiger charge is -2.20. The normalized spacial score (nSPS) is 13.4. The number of methoxy groups -OCH3 is 1. The van der Waals surface area contributed by atoms with Gasteiger partial charge < -0.3 is 9.30 Å². The molecule has 7 heteroatoms. The summed E-state index contributed by atoms with van der Waals surface area (Å²) in [5.74, 6) is -0.968. The fourth-order valence-electron chi connectivity index (χ4n) is 1.69. The molecule has 0 fully saturated rings. The molecule has 0 radical (unpaired) electrons. The van der Waals surface area contributed by atoms with Crippen molar-refractivity contribution in [3.05, 3.63) is 23.5 Å². The highest BCUT2D eigenvalue weighted by Crippen LogP contribution is 2.32. The number of hydrogen-bond acceptors (Lipinski definition) is 3. The number of carbonyl (C=O) groups is 2. The van der Waals surface area contributed by atoms with E-state index >= 15 is 0 Å². The predicted molar refractivity (Wildman–Crippen MR) is 79.9 cm³/mol. The van der Waals surface area contributed by atoms with Gasteiger partial charge in [-0.2, -0.15) is 0 Å². The minimum absolute atomic E-state index is 0.0129. The Labute approximate surface area is 132 Å². The SMILES string of the molecule is COC(=O)c1cc(C(=O)C(Cl)(Cl)Cl)cn1C(C)C(C)C. The summed E-state index contributed by atoms with van der Waals surface area (Å²) in [5.41, 5.74) is 0.421. The van der Waals surface area contributed by atoms with Crippen molar-refractivity contribution in [1.29, 1.82) is 0 Å². The van der Waals surface area contributed by atoms with Crippen LogP contribution in [0.15, 0.2) is 12.3 Å². The Hall–Kier alpha value is -0.710. The zero-order valence-electron chi connectivity index (χ0n) is 11.6. The lowest BCUT2D eigenvalue weighted by molar-refractivity contribution is 0.0585. The Morgan fingerprint density at radius 3 is 2.20 bits per heavy atom. The van der Waals surface area contributed by atoms with Crippen LogP contribution >= 0.6 is 34.8 Å². The first-order chi connectivity index (χ1) is 9.09. The highest BCUT2D eigenvalue weighted by molar-refractivity contribution is 6.77. The molecule has 20 heavy (non-hydrogen) atoms. The number of ketones is 1. The number of esters is 1. The topological polar surface area (TPSA) is 48.3 Å². The van der Waals surface area contributed by atoms with Gasteiger partial charge in [-0.15, -0.1) is 0 Å². The zero-order valence-corrected chi connectivity index (χ0v) is 13.9. The van der Waals surface area contributed by atoms with Gasteiger partial charge in [-0.1, -0.05) is 48.7 Å². The van der Waals surface area contributed by atoms with Crippen molar-refractivity contribution in [3.8, 4) is 0 Å². The van der Waals surface area contributed by atoms with Crippen molar-refractivity contribution in [1.82, 2.24) is 4.57 Å². The second-order valence-electron chi connectivity index (χ2n) is 4.82. The van der Waals surface area contributed by atoms with Gasteiger partial charge in [0.25, 0.3) is 3.79 Å². The molecule has 0 spiro atoms. The average molecular weight is 341 g/mol. The molecule has 0 aliphatic carbocycles. The van der Waals surface area contributed by atoms with Crippen LogP contribution in [0, 0.1) is 5.92 Å². The first-order valence-corrected chi connectivity index (χ1v) is 7.14. The van der Waals surface area contributed by atoms with E-state index in [1.807, 2.05) is 20.8 Å². The fourth-order valence-corrected chi connectivity index (χ4v) is 2.02. The van der Waals surface area contributed by atoms with Gasteiger partial charge >= 0.3 is 5.97 Å². The summed E-state index contributed by atoms with van der Waals surface area (Å²) in [4.78, 5) is 23.8. The molecule has 1 atom stereocenters. The van der Waals surface area contributed by atoms with Crippen LogP contribution in [0.3, 0.4) is 0 Å². The van der Waals surface area contributed by atoms with E-state index in [0.717, 1.165) is 0 Å². The number of halogens is 3. The average Bonchev–Trinajstić information content (AvgIpc) is 2.79. The molecule has 0 aliphatic rings. The third-order valence-corrected chi connectivity index (χ3v) is 3.68. The monoisotopic (exact) mass is 339 g/mol.